The van der Waals surface area contributed by atoms with E-state index in [0.29, 0.717) is 12.5 Å². The minimum Gasteiger partial charge on any atom is -0.393 e. The molecule has 0 aromatic heterocycles. The molecule has 1 aliphatic rings. The van der Waals surface area contributed by atoms with Crippen LogP contribution in [0.4, 0.5) is 0 Å². The van der Waals surface area contributed by atoms with Crippen molar-refractivity contribution in [2.45, 2.75) is 38.3 Å². The summed E-state index contributed by atoms with van der Waals surface area (Å²) < 4.78 is 0. The van der Waals surface area contributed by atoms with Gasteiger partial charge in [0.15, 0.2) is 0 Å². The topological polar surface area (TPSA) is 49.5 Å². The summed E-state index contributed by atoms with van der Waals surface area (Å²) in [6.45, 7) is 6.05. The molecule has 0 bridgehead atoms. The average Bonchev–Trinajstić information content (AvgIpc) is 2.01. The van der Waals surface area contributed by atoms with Crippen molar-refractivity contribution in [3.8, 4) is 0 Å². The van der Waals surface area contributed by atoms with Gasteiger partial charge in [0, 0.05) is 18.6 Å². The Morgan fingerprint density at radius 2 is 2.00 bits per heavy atom. The molecular formula is C10H22N2O. The number of nitrogens with zero attached hydrogens (tertiary/aromatic N) is 1. The molecule has 0 aliphatic heterocycles. The molecule has 0 radical (unpaired) electrons. The van der Waals surface area contributed by atoms with Gasteiger partial charge in [0.2, 0.25) is 0 Å². The first kappa shape index (κ1) is 11.0. The zero-order chi connectivity index (χ0) is 10.1. The lowest BCUT2D eigenvalue weighted by Crippen LogP contribution is -2.50. The van der Waals surface area contributed by atoms with Crippen molar-refractivity contribution in [3.05, 3.63) is 0 Å². The standard InChI is InChI=1S/C10H22N2O/c1-10(2,7-11)12(3)6-8-4-9(13)5-8/h8-9,13H,4-7,11H2,1-3H3. The highest BCUT2D eigenvalue weighted by Gasteiger charge is 2.31. The second-order valence-electron chi connectivity index (χ2n) is 4.89. The molecule has 3 nitrogen and oxygen atoms in total. The summed E-state index contributed by atoms with van der Waals surface area (Å²) in [5.41, 5.74) is 5.76. The molecule has 3 heteroatoms. The summed E-state index contributed by atoms with van der Waals surface area (Å²) in [6.07, 6.45) is 1.88. The second kappa shape index (κ2) is 3.95. The van der Waals surface area contributed by atoms with Crippen LogP contribution in [-0.4, -0.2) is 41.8 Å². The Morgan fingerprint density at radius 1 is 1.46 bits per heavy atom. The smallest absolute Gasteiger partial charge is 0.0546 e. The molecule has 0 unspecified atom stereocenters. The van der Waals surface area contributed by atoms with Gasteiger partial charge >= 0.3 is 0 Å². The van der Waals surface area contributed by atoms with Crippen molar-refractivity contribution in [1.82, 2.24) is 4.90 Å². The lowest BCUT2D eigenvalue weighted by molar-refractivity contribution is 0.0127. The highest BCUT2D eigenvalue weighted by atomic mass is 16.3. The summed E-state index contributed by atoms with van der Waals surface area (Å²) in [6, 6.07) is 0. The molecule has 1 aliphatic carbocycles. The van der Waals surface area contributed by atoms with Crippen LogP contribution in [0.3, 0.4) is 0 Å². The Bertz CT molecular complexity index is 164. The van der Waals surface area contributed by atoms with Gasteiger partial charge in [0.25, 0.3) is 0 Å². The van der Waals surface area contributed by atoms with Gasteiger partial charge in [-0.3, -0.25) is 4.90 Å². The third-order valence-corrected chi connectivity index (χ3v) is 3.28. The summed E-state index contributed by atoms with van der Waals surface area (Å²) in [4.78, 5) is 2.30. The van der Waals surface area contributed by atoms with E-state index in [4.69, 9.17) is 10.8 Å². The third-order valence-electron chi connectivity index (χ3n) is 3.28. The lowest BCUT2D eigenvalue weighted by atomic mass is 9.81. The molecule has 0 amide bonds. The van der Waals surface area contributed by atoms with E-state index in [1.54, 1.807) is 0 Å². The van der Waals surface area contributed by atoms with Gasteiger partial charge in [-0.05, 0) is 39.7 Å². The van der Waals surface area contributed by atoms with E-state index in [1.807, 2.05) is 0 Å². The van der Waals surface area contributed by atoms with Gasteiger partial charge in [-0.1, -0.05) is 0 Å². The lowest BCUT2D eigenvalue weighted by Gasteiger charge is -2.41. The quantitative estimate of drug-likeness (QED) is 0.669. The molecule has 78 valence electrons. The first-order valence-electron chi connectivity index (χ1n) is 5.05. The van der Waals surface area contributed by atoms with Crippen LogP contribution in [0.2, 0.25) is 0 Å². The number of nitrogens with two attached hydrogens (primary N) is 1. The highest BCUT2D eigenvalue weighted by molar-refractivity contribution is 4.86. The van der Waals surface area contributed by atoms with Crippen molar-refractivity contribution < 1.29 is 5.11 Å². The van der Waals surface area contributed by atoms with Crippen LogP contribution in [0.15, 0.2) is 0 Å². The Balaban J connectivity index is 2.28. The van der Waals surface area contributed by atoms with Crippen LogP contribution in [0.25, 0.3) is 0 Å². The van der Waals surface area contributed by atoms with Crippen LogP contribution >= 0.6 is 0 Å². The SMILES string of the molecule is CN(CC1CC(O)C1)C(C)(C)CN. The first-order chi connectivity index (χ1) is 5.95. The fourth-order valence-electron chi connectivity index (χ4n) is 1.64. The van der Waals surface area contributed by atoms with Gasteiger partial charge < -0.3 is 10.8 Å². The molecule has 1 rings (SSSR count). The largest absolute Gasteiger partial charge is 0.393 e. The molecule has 1 fully saturated rings. The molecule has 0 aromatic rings. The van der Waals surface area contributed by atoms with E-state index in [1.165, 1.54) is 0 Å². The maximum Gasteiger partial charge on any atom is 0.0546 e. The Kier molecular flexibility index (Phi) is 3.33. The number of rotatable bonds is 4. The maximum absolute atomic E-state index is 9.15. The van der Waals surface area contributed by atoms with Crippen molar-refractivity contribution in [3.63, 3.8) is 0 Å². The van der Waals surface area contributed by atoms with E-state index < -0.39 is 0 Å². The van der Waals surface area contributed by atoms with E-state index in [9.17, 15) is 0 Å². The van der Waals surface area contributed by atoms with Crippen LogP contribution in [0.5, 0.6) is 0 Å². The average molecular weight is 186 g/mol. The number of aliphatic hydroxyl groups excluding tert-OH is 1. The summed E-state index contributed by atoms with van der Waals surface area (Å²) in [7, 11) is 2.11. The van der Waals surface area contributed by atoms with Gasteiger partial charge in [-0.15, -0.1) is 0 Å². The van der Waals surface area contributed by atoms with Crippen LogP contribution in [0, 0.1) is 5.92 Å². The molecule has 0 saturated heterocycles. The summed E-state index contributed by atoms with van der Waals surface area (Å²) in [5.74, 6) is 0.672. The molecular weight excluding hydrogens is 164 g/mol. The van der Waals surface area contributed by atoms with E-state index >= 15 is 0 Å². The number of aliphatic hydroxyl groups is 1. The molecule has 0 heterocycles. The zero-order valence-corrected chi connectivity index (χ0v) is 8.95. The van der Waals surface area contributed by atoms with Crippen LogP contribution in [0.1, 0.15) is 26.7 Å². The van der Waals surface area contributed by atoms with E-state index in [0.717, 1.165) is 19.4 Å². The van der Waals surface area contributed by atoms with Gasteiger partial charge in [0.05, 0.1) is 6.10 Å². The van der Waals surface area contributed by atoms with Gasteiger partial charge in [-0.25, -0.2) is 0 Å². The molecule has 3 N–H and O–H groups in total. The van der Waals surface area contributed by atoms with Crippen molar-refractivity contribution >= 4 is 0 Å². The molecule has 0 atom stereocenters. The minimum atomic E-state index is -0.0422. The molecule has 13 heavy (non-hydrogen) atoms. The third kappa shape index (κ3) is 2.66. The number of hydrogen-bond acceptors (Lipinski definition) is 3. The zero-order valence-electron chi connectivity index (χ0n) is 8.95. The monoisotopic (exact) mass is 186 g/mol. The maximum atomic E-state index is 9.15. The molecule has 0 spiro atoms. The number of hydrogen-bond donors (Lipinski definition) is 2. The van der Waals surface area contributed by atoms with Crippen LogP contribution in [-0.2, 0) is 0 Å². The Morgan fingerprint density at radius 3 is 2.38 bits per heavy atom. The second-order valence-corrected chi connectivity index (χ2v) is 4.89. The van der Waals surface area contributed by atoms with Gasteiger partial charge in [-0.2, -0.15) is 0 Å². The predicted octanol–water partition coefficient (Wildman–Crippen LogP) is 0.426. The summed E-state index contributed by atoms with van der Waals surface area (Å²) >= 11 is 0. The molecule has 0 aromatic carbocycles. The fraction of sp³-hybridized carbons (Fsp3) is 1.00. The fourth-order valence-corrected chi connectivity index (χ4v) is 1.64. The highest BCUT2D eigenvalue weighted by Crippen LogP contribution is 2.29. The van der Waals surface area contributed by atoms with E-state index in [-0.39, 0.29) is 11.6 Å². The Labute approximate surface area is 80.9 Å². The first-order valence-corrected chi connectivity index (χ1v) is 5.05. The number of likely N-dealkylation sites (N-methyl/N-ethyl adjacent to an activating group) is 1. The molecule has 1 saturated carbocycles. The van der Waals surface area contributed by atoms with Crippen molar-refractivity contribution in [2.75, 3.05) is 20.1 Å². The van der Waals surface area contributed by atoms with Crippen molar-refractivity contribution in [1.29, 1.82) is 0 Å². The Hall–Kier alpha value is -0.120. The summed E-state index contributed by atoms with van der Waals surface area (Å²) in [5, 5.41) is 9.15. The van der Waals surface area contributed by atoms with Crippen molar-refractivity contribution in [2.24, 2.45) is 11.7 Å². The normalized spacial score (nSPS) is 29.1. The van der Waals surface area contributed by atoms with E-state index in [2.05, 4.69) is 25.8 Å². The van der Waals surface area contributed by atoms with Crippen LogP contribution < -0.4 is 5.73 Å². The predicted molar refractivity (Wildman–Crippen MR) is 54.5 cm³/mol. The minimum absolute atomic E-state index is 0.0422. The van der Waals surface area contributed by atoms with Gasteiger partial charge in [0.1, 0.15) is 0 Å².